The Hall–Kier alpha value is -1.81. The number of fused-ring (bicyclic) bond motifs is 1. The first-order valence-electron chi connectivity index (χ1n) is 7.18. The van der Waals surface area contributed by atoms with Crippen LogP contribution in [0.25, 0.3) is 11.0 Å². The number of halogens is 1. The maximum Gasteiger partial charge on any atom is 0.203 e. The fourth-order valence-corrected chi connectivity index (χ4v) is 3.11. The zero-order chi connectivity index (χ0) is 14.8. The number of hydrogen-bond acceptors (Lipinski definition) is 1. The summed E-state index contributed by atoms with van der Waals surface area (Å²) >= 11 is 3.60. The molecule has 0 fully saturated rings. The second-order valence-electron chi connectivity index (χ2n) is 5.14. The molecule has 0 unspecified atom stereocenters. The first-order valence-corrected chi connectivity index (χ1v) is 7.97. The van der Waals surface area contributed by atoms with Gasteiger partial charge in [-0.15, -0.1) is 0 Å². The van der Waals surface area contributed by atoms with Gasteiger partial charge in [0, 0.05) is 11.0 Å². The summed E-state index contributed by atoms with van der Waals surface area (Å²) in [6.45, 7) is 3.73. The summed E-state index contributed by atoms with van der Waals surface area (Å²) in [6.07, 6.45) is 1.03. The van der Waals surface area contributed by atoms with Crippen LogP contribution in [0.15, 0.2) is 53.0 Å². The standard InChI is InChI=1S/C17H18BrN3/c1-2-11-20-15-9-5-6-10-16(15)21(17(20)19)12-13-7-3-4-8-14(13)18/h3-10,19H,2,11-12H2,1H3. The molecule has 0 bridgehead atoms. The van der Waals surface area contributed by atoms with Gasteiger partial charge in [0.1, 0.15) is 0 Å². The summed E-state index contributed by atoms with van der Waals surface area (Å²) in [5.41, 5.74) is 4.01. The summed E-state index contributed by atoms with van der Waals surface area (Å²) < 4.78 is 5.25. The Morgan fingerprint density at radius 3 is 2.24 bits per heavy atom. The lowest BCUT2D eigenvalue weighted by Crippen LogP contribution is -2.25. The van der Waals surface area contributed by atoms with E-state index in [0.29, 0.717) is 12.2 Å². The number of nitrogens with zero attached hydrogens (tertiary/aromatic N) is 2. The fraction of sp³-hybridized carbons (Fsp3) is 0.235. The number of para-hydroxylation sites is 2. The molecule has 3 nitrogen and oxygen atoms in total. The van der Waals surface area contributed by atoms with Crippen molar-refractivity contribution in [3.05, 3.63) is 64.2 Å². The minimum absolute atomic E-state index is 0.564. The fourth-order valence-electron chi connectivity index (χ4n) is 2.70. The molecule has 0 saturated heterocycles. The van der Waals surface area contributed by atoms with Crippen molar-refractivity contribution in [2.45, 2.75) is 26.4 Å². The van der Waals surface area contributed by atoms with Gasteiger partial charge < -0.3 is 9.13 Å². The Morgan fingerprint density at radius 2 is 1.57 bits per heavy atom. The van der Waals surface area contributed by atoms with Gasteiger partial charge in [-0.3, -0.25) is 5.41 Å². The zero-order valence-corrected chi connectivity index (χ0v) is 13.6. The number of imidazole rings is 1. The number of benzene rings is 2. The molecular formula is C17H18BrN3. The Kier molecular flexibility index (Phi) is 3.97. The molecule has 0 amide bonds. The molecule has 2 aromatic carbocycles. The molecule has 0 atom stereocenters. The van der Waals surface area contributed by atoms with Gasteiger partial charge in [-0.2, -0.15) is 0 Å². The highest BCUT2D eigenvalue weighted by Gasteiger charge is 2.11. The van der Waals surface area contributed by atoms with Crippen molar-refractivity contribution in [3.8, 4) is 0 Å². The van der Waals surface area contributed by atoms with E-state index in [0.717, 1.165) is 28.5 Å². The zero-order valence-electron chi connectivity index (χ0n) is 12.0. The lowest BCUT2D eigenvalue weighted by atomic mass is 10.2. The van der Waals surface area contributed by atoms with E-state index in [2.05, 4.69) is 50.2 Å². The van der Waals surface area contributed by atoms with E-state index in [-0.39, 0.29) is 0 Å². The Labute approximate surface area is 132 Å². The van der Waals surface area contributed by atoms with E-state index in [9.17, 15) is 0 Å². The molecule has 1 heterocycles. The van der Waals surface area contributed by atoms with Crippen molar-refractivity contribution in [1.29, 1.82) is 5.41 Å². The molecule has 0 aliphatic heterocycles. The van der Waals surface area contributed by atoms with E-state index in [1.807, 2.05) is 30.3 Å². The summed E-state index contributed by atoms with van der Waals surface area (Å²) in [6, 6.07) is 16.5. The van der Waals surface area contributed by atoms with Gasteiger partial charge in [-0.25, -0.2) is 0 Å². The molecule has 0 saturated carbocycles. The molecule has 21 heavy (non-hydrogen) atoms. The van der Waals surface area contributed by atoms with E-state index in [1.54, 1.807) is 0 Å². The van der Waals surface area contributed by atoms with Gasteiger partial charge in [0.2, 0.25) is 5.62 Å². The molecule has 108 valence electrons. The third-order valence-electron chi connectivity index (χ3n) is 3.71. The number of hydrogen-bond donors (Lipinski definition) is 1. The van der Waals surface area contributed by atoms with Gasteiger partial charge in [-0.1, -0.05) is 53.2 Å². The number of nitrogens with one attached hydrogen (secondary N) is 1. The first kappa shape index (κ1) is 14.1. The van der Waals surface area contributed by atoms with E-state index < -0.39 is 0 Å². The van der Waals surface area contributed by atoms with Crippen molar-refractivity contribution in [1.82, 2.24) is 9.13 Å². The highest BCUT2D eigenvalue weighted by Crippen LogP contribution is 2.19. The van der Waals surface area contributed by atoms with Crippen LogP contribution in [-0.4, -0.2) is 9.13 Å². The highest BCUT2D eigenvalue weighted by atomic mass is 79.9. The summed E-state index contributed by atoms with van der Waals surface area (Å²) in [5, 5.41) is 8.51. The summed E-state index contributed by atoms with van der Waals surface area (Å²) in [4.78, 5) is 0. The molecule has 1 N–H and O–H groups in total. The molecule has 1 aromatic heterocycles. The Bertz CT molecular complexity index is 829. The van der Waals surface area contributed by atoms with Gasteiger partial charge >= 0.3 is 0 Å². The van der Waals surface area contributed by atoms with Crippen molar-refractivity contribution in [2.75, 3.05) is 0 Å². The van der Waals surface area contributed by atoms with E-state index in [4.69, 9.17) is 5.41 Å². The van der Waals surface area contributed by atoms with Crippen LogP contribution in [0.4, 0.5) is 0 Å². The Morgan fingerprint density at radius 1 is 0.952 bits per heavy atom. The molecule has 0 aliphatic carbocycles. The summed E-state index contributed by atoms with van der Waals surface area (Å²) in [5.74, 6) is 0. The normalized spacial score (nSPS) is 11.1. The van der Waals surface area contributed by atoms with Crippen LogP contribution in [0.5, 0.6) is 0 Å². The molecule has 0 aliphatic rings. The Balaban J connectivity index is 2.17. The number of aromatic nitrogens is 2. The molecule has 4 heteroatoms. The topological polar surface area (TPSA) is 33.7 Å². The summed E-state index contributed by atoms with van der Waals surface area (Å²) in [7, 11) is 0. The van der Waals surface area contributed by atoms with Crippen molar-refractivity contribution < 1.29 is 0 Å². The quantitative estimate of drug-likeness (QED) is 0.738. The van der Waals surface area contributed by atoms with Gasteiger partial charge in [0.25, 0.3) is 0 Å². The van der Waals surface area contributed by atoms with Crippen LogP contribution in [0.1, 0.15) is 18.9 Å². The van der Waals surface area contributed by atoms with Crippen molar-refractivity contribution >= 4 is 27.0 Å². The van der Waals surface area contributed by atoms with Crippen LogP contribution in [0.3, 0.4) is 0 Å². The second kappa shape index (κ2) is 5.90. The van der Waals surface area contributed by atoms with Crippen LogP contribution in [0, 0.1) is 5.41 Å². The maximum atomic E-state index is 8.51. The number of aryl methyl sites for hydroxylation is 1. The maximum absolute atomic E-state index is 8.51. The smallest absolute Gasteiger partial charge is 0.203 e. The predicted octanol–water partition coefficient (Wildman–Crippen LogP) is 4.14. The van der Waals surface area contributed by atoms with E-state index in [1.165, 1.54) is 5.56 Å². The third-order valence-corrected chi connectivity index (χ3v) is 4.48. The van der Waals surface area contributed by atoms with Crippen LogP contribution >= 0.6 is 15.9 Å². The average molecular weight is 344 g/mol. The average Bonchev–Trinajstić information content (AvgIpc) is 2.76. The molecule has 3 rings (SSSR count). The minimum atomic E-state index is 0.564. The van der Waals surface area contributed by atoms with Crippen molar-refractivity contribution in [3.63, 3.8) is 0 Å². The second-order valence-corrected chi connectivity index (χ2v) is 6.00. The molecule has 0 spiro atoms. The lowest BCUT2D eigenvalue weighted by molar-refractivity contribution is 0.612. The van der Waals surface area contributed by atoms with Gasteiger partial charge in [-0.05, 0) is 30.2 Å². The SMILES string of the molecule is CCCn1c(=N)n(Cc2ccccc2Br)c2ccccc21. The number of rotatable bonds is 4. The molecule has 3 aromatic rings. The third kappa shape index (κ3) is 2.56. The van der Waals surface area contributed by atoms with Gasteiger partial charge in [0.15, 0.2) is 0 Å². The minimum Gasteiger partial charge on any atom is -0.310 e. The van der Waals surface area contributed by atoms with Gasteiger partial charge in [0.05, 0.1) is 17.6 Å². The van der Waals surface area contributed by atoms with E-state index >= 15 is 0 Å². The lowest BCUT2D eigenvalue weighted by Gasteiger charge is -2.07. The van der Waals surface area contributed by atoms with Crippen LogP contribution < -0.4 is 5.62 Å². The monoisotopic (exact) mass is 343 g/mol. The first-order chi connectivity index (χ1) is 10.2. The highest BCUT2D eigenvalue weighted by molar-refractivity contribution is 9.10. The predicted molar refractivity (Wildman–Crippen MR) is 89.3 cm³/mol. The van der Waals surface area contributed by atoms with Crippen LogP contribution in [0.2, 0.25) is 0 Å². The largest absolute Gasteiger partial charge is 0.310 e. The van der Waals surface area contributed by atoms with Crippen LogP contribution in [-0.2, 0) is 13.1 Å². The molecular weight excluding hydrogens is 326 g/mol. The van der Waals surface area contributed by atoms with Crippen molar-refractivity contribution in [2.24, 2.45) is 0 Å². The molecule has 0 radical (unpaired) electrons.